The van der Waals surface area contributed by atoms with Gasteiger partial charge in [-0.1, -0.05) is 37.3 Å². The maximum absolute atomic E-state index is 12.4. The molecule has 5 nitrogen and oxygen atoms in total. The van der Waals surface area contributed by atoms with Crippen LogP contribution in [0.4, 0.5) is 10.5 Å². The highest BCUT2D eigenvalue weighted by Crippen LogP contribution is 2.16. The second-order valence-electron chi connectivity index (χ2n) is 5.71. The molecule has 1 aromatic heterocycles. The van der Waals surface area contributed by atoms with Gasteiger partial charge in [0, 0.05) is 17.7 Å². The van der Waals surface area contributed by atoms with Crippen molar-refractivity contribution in [2.45, 2.75) is 20.0 Å². The van der Waals surface area contributed by atoms with Crippen molar-refractivity contribution in [1.82, 2.24) is 0 Å². The van der Waals surface area contributed by atoms with E-state index >= 15 is 0 Å². The summed E-state index contributed by atoms with van der Waals surface area (Å²) in [5.41, 5.74) is 1.95. The number of anilines is 1. The Bertz CT molecular complexity index is 882. The third kappa shape index (κ3) is 4.39. The first kappa shape index (κ1) is 17.5. The molecule has 132 valence electrons. The lowest BCUT2D eigenvalue weighted by molar-refractivity contribution is 0.101. The molecule has 1 N–H and O–H groups in total. The number of carbonyl (C=O) groups is 2. The molecule has 2 aromatic carbocycles. The fraction of sp³-hybridized carbons (Fsp3) is 0.143. The first-order chi connectivity index (χ1) is 12.7. The van der Waals surface area contributed by atoms with Crippen LogP contribution in [0.25, 0.3) is 0 Å². The lowest BCUT2D eigenvalue weighted by Gasteiger charge is -2.07. The number of carbonyl (C=O) groups excluding carboxylic acids is 2. The van der Waals surface area contributed by atoms with Gasteiger partial charge in [-0.3, -0.25) is 10.1 Å². The Morgan fingerprint density at radius 2 is 1.69 bits per heavy atom. The molecule has 3 rings (SSSR count). The van der Waals surface area contributed by atoms with Gasteiger partial charge in [-0.15, -0.1) is 0 Å². The average molecular weight is 349 g/mol. The molecule has 0 spiro atoms. The van der Waals surface area contributed by atoms with Crippen LogP contribution in [0.5, 0.6) is 0 Å². The molecule has 3 aromatic rings. The quantitative estimate of drug-likeness (QED) is 0.648. The molecule has 1 amide bonds. The molecule has 0 fully saturated rings. The molecule has 0 aliphatic heterocycles. The number of furan rings is 1. The van der Waals surface area contributed by atoms with E-state index < -0.39 is 6.09 Å². The van der Waals surface area contributed by atoms with E-state index in [4.69, 9.17) is 9.15 Å². The predicted molar refractivity (Wildman–Crippen MR) is 98.2 cm³/mol. The van der Waals surface area contributed by atoms with Crippen LogP contribution in [0.2, 0.25) is 0 Å². The molecular weight excluding hydrogens is 330 g/mol. The first-order valence-electron chi connectivity index (χ1n) is 8.37. The summed E-state index contributed by atoms with van der Waals surface area (Å²) in [6.07, 6.45) is 0.188. The SMILES string of the molecule is CCc1ccc(C(=O)c2ccc(NC(=O)OCc3ccccc3)cc2)o1. The number of rotatable bonds is 6. The van der Waals surface area contributed by atoms with Crippen molar-refractivity contribution in [2.75, 3.05) is 5.32 Å². The second kappa shape index (κ2) is 8.16. The summed E-state index contributed by atoms with van der Waals surface area (Å²) in [4.78, 5) is 24.2. The summed E-state index contributed by atoms with van der Waals surface area (Å²) in [5.74, 6) is 0.889. The number of hydrogen-bond donors (Lipinski definition) is 1. The van der Waals surface area contributed by atoms with Gasteiger partial charge < -0.3 is 9.15 Å². The lowest BCUT2D eigenvalue weighted by atomic mass is 10.1. The number of ether oxygens (including phenoxy) is 1. The smallest absolute Gasteiger partial charge is 0.411 e. The third-order valence-electron chi connectivity index (χ3n) is 3.84. The maximum atomic E-state index is 12.4. The highest BCUT2D eigenvalue weighted by Gasteiger charge is 2.13. The van der Waals surface area contributed by atoms with Gasteiger partial charge in [-0.25, -0.2) is 4.79 Å². The summed E-state index contributed by atoms with van der Waals surface area (Å²) >= 11 is 0. The van der Waals surface area contributed by atoms with E-state index in [9.17, 15) is 9.59 Å². The number of hydrogen-bond acceptors (Lipinski definition) is 4. The Balaban J connectivity index is 1.57. The molecule has 0 unspecified atom stereocenters. The average Bonchev–Trinajstić information content (AvgIpc) is 3.16. The van der Waals surface area contributed by atoms with Crippen molar-refractivity contribution < 1.29 is 18.7 Å². The first-order valence-corrected chi connectivity index (χ1v) is 8.37. The van der Waals surface area contributed by atoms with Crippen LogP contribution >= 0.6 is 0 Å². The number of nitrogens with one attached hydrogen (secondary N) is 1. The molecule has 1 heterocycles. The number of benzene rings is 2. The summed E-state index contributed by atoms with van der Waals surface area (Å²) in [6.45, 7) is 2.16. The standard InChI is InChI=1S/C21H19NO4/c1-2-18-12-13-19(26-18)20(23)16-8-10-17(11-9-16)22-21(24)25-14-15-6-4-3-5-7-15/h3-13H,2,14H2,1H3,(H,22,24). The molecule has 0 saturated heterocycles. The lowest BCUT2D eigenvalue weighted by Crippen LogP contribution is -2.13. The highest BCUT2D eigenvalue weighted by atomic mass is 16.5. The third-order valence-corrected chi connectivity index (χ3v) is 3.84. The Labute approximate surface area is 151 Å². The van der Waals surface area contributed by atoms with Gasteiger partial charge in [0.1, 0.15) is 12.4 Å². The fourth-order valence-corrected chi connectivity index (χ4v) is 2.41. The molecule has 5 heteroatoms. The molecule has 26 heavy (non-hydrogen) atoms. The van der Waals surface area contributed by atoms with Gasteiger partial charge in [0.25, 0.3) is 0 Å². The second-order valence-corrected chi connectivity index (χ2v) is 5.71. The minimum atomic E-state index is -0.549. The van der Waals surface area contributed by atoms with Crippen LogP contribution in [0.15, 0.2) is 71.1 Å². The Kier molecular flexibility index (Phi) is 5.49. The zero-order valence-electron chi connectivity index (χ0n) is 14.4. The van der Waals surface area contributed by atoms with Crippen LogP contribution < -0.4 is 5.32 Å². The summed E-state index contributed by atoms with van der Waals surface area (Å²) in [5, 5.41) is 2.64. The molecule has 0 radical (unpaired) electrons. The molecular formula is C21H19NO4. The van der Waals surface area contributed by atoms with E-state index in [0.29, 0.717) is 17.0 Å². The van der Waals surface area contributed by atoms with E-state index in [2.05, 4.69) is 5.32 Å². The number of amides is 1. The summed E-state index contributed by atoms with van der Waals surface area (Å²) in [7, 11) is 0. The van der Waals surface area contributed by atoms with E-state index in [1.165, 1.54) is 0 Å². The minimum Gasteiger partial charge on any atom is -0.458 e. The molecule has 0 saturated carbocycles. The maximum Gasteiger partial charge on any atom is 0.411 e. The van der Waals surface area contributed by atoms with E-state index in [-0.39, 0.29) is 12.4 Å². The van der Waals surface area contributed by atoms with E-state index in [1.54, 1.807) is 36.4 Å². The molecule has 0 aliphatic rings. The van der Waals surface area contributed by atoms with Crippen molar-refractivity contribution in [2.24, 2.45) is 0 Å². The van der Waals surface area contributed by atoms with Gasteiger partial charge in [-0.2, -0.15) is 0 Å². The summed E-state index contributed by atoms with van der Waals surface area (Å²) < 4.78 is 10.6. The van der Waals surface area contributed by atoms with Crippen molar-refractivity contribution in [1.29, 1.82) is 0 Å². The van der Waals surface area contributed by atoms with Crippen molar-refractivity contribution in [3.05, 3.63) is 89.4 Å². The topological polar surface area (TPSA) is 68.5 Å². The number of ketones is 1. The zero-order chi connectivity index (χ0) is 18.4. The normalized spacial score (nSPS) is 10.3. The van der Waals surface area contributed by atoms with Gasteiger partial charge in [0.15, 0.2) is 5.76 Å². The van der Waals surface area contributed by atoms with Crippen LogP contribution in [-0.4, -0.2) is 11.9 Å². The van der Waals surface area contributed by atoms with Crippen LogP contribution in [0.3, 0.4) is 0 Å². The Hall–Kier alpha value is -3.34. The Morgan fingerprint density at radius 1 is 0.962 bits per heavy atom. The fourth-order valence-electron chi connectivity index (χ4n) is 2.41. The van der Waals surface area contributed by atoms with Crippen LogP contribution in [0, 0.1) is 0 Å². The minimum absolute atomic E-state index is 0.192. The van der Waals surface area contributed by atoms with Crippen LogP contribution in [0.1, 0.15) is 34.4 Å². The van der Waals surface area contributed by atoms with Crippen LogP contribution in [-0.2, 0) is 17.8 Å². The van der Waals surface area contributed by atoms with E-state index in [0.717, 1.165) is 17.7 Å². The highest BCUT2D eigenvalue weighted by molar-refractivity contribution is 6.07. The largest absolute Gasteiger partial charge is 0.458 e. The number of aryl methyl sites for hydroxylation is 1. The molecule has 0 aliphatic carbocycles. The van der Waals surface area contributed by atoms with Gasteiger partial charge in [-0.05, 0) is 42.0 Å². The monoisotopic (exact) mass is 349 g/mol. The predicted octanol–water partition coefficient (Wildman–Crippen LogP) is 4.82. The van der Waals surface area contributed by atoms with Crippen molar-refractivity contribution in [3.63, 3.8) is 0 Å². The zero-order valence-corrected chi connectivity index (χ0v) is 14.4. The molecule has 0 bridgehead atoms. The molecule has 0 atom stereocenters. The van der Waals surface area contributed by atoms with Gasteiger partial charge in [0.05, 0.1) is 0 Å². The van der Waals surface area contributed by atoms with Crippen molar-refractivity contribution >= 4 is 17.6 Å². The van der Waals surface area contributed by atoms with Gasteiger partial charge in [0.2, 0.25) is 5.78 Å². The summed E-state index contributed by atoms with van der Waals surface area (Å²) in [6, 6.07) is 19.5. The van der Waals surface area contributed by atoms with Gasteiger partial charge >= 0.3 is 6.09 Å². The Morgan fingerprint density at radius 3 is 2.35 bits per heavy atom. The van der Waals surface area contributed by atoms with Crippen molar-refractivity contribution in [3.8, 4) is 0 Å². The van der Waals surface area contributed by atoms with E-state index in [1.807, 2.05) is 37.3 Å².